The number of ether oxygens (including phenoxy) is 1. The van der Waals surface area contributed by atoms with Crippen molar-refractivity contribution in [2.75, 3.05) is 12.4 Å². The summed E-state index contributed by atoms with van der Waals surface area (Å²) in [6.45, 7) is 1.52. The summed E-state index contributed by atoms with van der Waals surface area (Å²) in [7, 11) is 1.41. The molecular formula is C28H26F2N4O4S. The van der Waals surface area contributed by atoms with Gasteiger partial charge in [0, 0.05) is 40.5 Å². The summed E-state index contributed by atoms with van der Waals surface area (Å²) >= 11 is 1.63. The molecule has 2 aromatic heterocycles. The maximum absolute atomic E-state index is 13.3. The second kappa shape index (κ2) is 10.9. The number of imidazole rings is 1. The van der Waals surface area contributed by atoms with Crippen molar-refractivity contribution in [2.24, 2.45) is 5.92 Å². The van der Waals surface area contributed by atoms with Crippen LogP contribution in [0.15, 0.2) is 48.7 Å². The van der Waals surface area contributed by atoms with Gasteiger partial charge in [0.1, 0.15) is 17.7 Å². The topological polar surface area (TPSA) is 102 Å². The third-order valence-electron chi connectivity index (χ3n) is 6.70. The average Bonchev–Trinajstić information content (AvgIpc) is 3.46. The number of aryl methyl sites for hydroxylation is 1. The van der Waals surface area contributed by atoms with Crippen LogP contribution in [0.1, 0.15) is 29.5 Å². The normalized spacial score (nSPS) is 15.4. The summed E-state index contributed by atoms with van der Waals surface area (Å²) in [6, 6.07) is 9.18. The predicted octanol–water partition coefficient (Wildman–Crippen LogP) is 4.30. The molecule has 0 spiro atoms. The van der Waals surface area contributed by atoms with Crippen LogP contribution in [0.4, 0.5) is 14.5 Å². The minimum absolute atomic E-state index is 0.148. The van der Waals surface area contributed by atoms with Gasteiger partial charge < -0.3 is 15.4 Å². The van der Waals surface area contributed by atoms with Crippen molar-refractivity contribution in [3.63, 3.8) is 0 Å². The highest BCUT2D eigenvalue weighted by molar-refractivity contribution is 7.17. The highest BCUT2D eigenvalue weighted by Crippen LogP contribution is 2.34. The van der Waals surface area contributed by atoms with E-state index in [4.69, 9.17) is 9.72 Å². The van der Waals surface area contributed by atoms with Crippen molar-refractivity contribution < 1.29 is 27.9 Å². The first kappa shape index (κ1) is 26.5. The first-order valence-electron chi connectivity index (χ1n) is 12.4. The van der Waals surface area contributed by atoms with Crippen LogP contribution in [0, 0.1) is 17.6 Å². The fourth-order valence-electron chi connectivity index (χ4n) is 4.72. The minimum Gasteiger partial charge on any atom is -0.469 e. The number of nitrogens with one attached hydrogen (secondary N) is 2. The van der Waals surface area contributed by atoms with E-state index in [2.05, 4.69) is 10.6 Å². The van der Waals surface area contributed by atoms with Crippen LogP contribution in [0.5, 0.6) is 0 Å². The molecule has 2 atom stereocenters. The second-order valence-corrected chi connectivity index (χ2v) is 10.6. The Morgan fingerprint density at radius 3 is 2.56 bits per heavy atom. The summed E-state index contributed by atoms with van der Waals surface area (Å²) < 4.78 is 33.7. The number of benzene rings is 2. The molecule has 0 saturated carbocycles. The molecule has 1 unspecified atom stereocenters. The number of amides is 2. The standard InChI is InChI=1S/C28H26F2N4O4S/c1-15(31-25(35)11-16-9-19(29)13-20(30)10-16)26(36)32-21-6-3-17(4-7-21)22-14-34-23-12-18(27(37)38-2)5-8-24(23)39-28(34)33-22/h3-4,6-7,9-10,13-15,18H,5,8,11-12H2,1-2H3,(H,31,35)(H,32,36)/t15-,18?/m0/s1. The second-order valence-electron chi connectivity index (χ2n) is 9.52. The Labute approximate surface area is 227 Å². The molecule has 5 rings (SSSR count). The van der Waals surface area contributed by atoms with Gasteiger partial charge in [-0.2, -0.15) is 0 Å². The van der Waals surface area contributed by atoms with Crippen molar-refractivity contribution in [3.05, 3.63) is 76.4 Å². The molecule has 0 saturated heterocycles. The summed E-state index contributed by atoms with van der Waals surface area (Å²) in [4.78, 5) is 43.7. The molecule has 11 heteroatoms. The van der Waals surface area contributed by atoms with Gasteiger partial charge in [-0.15, -0.1) is 11.3 Å². The molecule has 4 aromatic rings. The molecule has 8 nitrogen and oxygen atoms in total. The fourth-order valence-corrected chi connectivity index (χ4v) is 5.86. The van der Waals surface area contributed by atoms with E-state index >= 15 is 0 Å². The lowest BCUT2D eigenvalue weighted by molar-refractivity contribution is -0.145. The zero-order valence-electron chi connectivity index (χ0n) is 21.3. The zero-order chi connectivity index (χ0) is 27.7. The number of carbonyl (C=O) groups is 3. The smallest absolute Gasteiger partial charge is 0.309 e. The first-order chi connectivity index (χ1) is 18.7. The lowest BCUT2D eigenvalue weighted by Crippen LogP contribution is -2.42. The van der Waals surface area contributed by atoms with Crippen LogP contribution in [-0.4, -0.2) is 40.3 Å². The van der Waals surface area contributed by atoms with Crippen LogP contribution < -0.4 is 10.6 Å². The first-order valence-corrected chi connectivity index (χ1v) is 13.2. The Hall–Kier alpha value is -4.12. The van der Waals surface area contributed by atoms with Gasteiger partial charge in [0.05, 0.1) is 25.1 Å². The molecule has 0 bridgehead atoms. The Kier molecular flexibility index (Phi) is 7.42. The Bertz CT molecular complexity index is 1540. The van der Waals surface area contributed by atoms with Gasteiger partial charge in [-0.3, -0.25) is 18.8 Å². The number of carbonyl (C=O) groups excluding carboxylic acids is 3. The lowest BCUT2D eigenvalue weighted by atomic mass is 9.91. The summed E-state index contributed by atoms with van der Waals surface area (Å²) in [5.74, 6) is -2.84. The zero-order valence-corrected chi connectivity index (χ0v) is 22.1. The van der Waals surface area contributed by atoms with E-state index < -0.39 is 29.5 Å². The van der Waals surface area contributed by atoms with Crippen molar-refractivity contribution >= 4 is 39.8 Å². The molecule has 1 aliphatic rings. The highest BCUT2D eigenvalue weighted by Gasteiger charge is 2.29. The molecule has 2 N–H and O–H groups in total. The molecule has 0 fully saturated rings. The third kappa shape index (κ3) is 5.83. The van der Waals surface area contributed by atoms with E-state index in [1.165, 1.54) is 18.9 Å². The van der Waals surface area contributed by atoms with E-state index in [-0.39, 0.29) is 23.9 Å². The molecular weight excluding hydrogens is 526 g/mol. The van der Waals surface area contributed by atoms with E-state index in [0.717, 1.165) is 53.0 Å². The van der Waals surface area contributed by atoms with Crippen molar-refractivity contribution in [3.8, 4) is 11.3 Å². The van der Waals surface area contributed by atoms with Crippen LogP contribution in [0.2, 0.25) is 0 Å². The Morgan fingerprint density at radius 2 is 1.87 bits per heavy atom. The van der Waals surface area contributed by atoms with Gasteiger partial charge in [-0.1, -0.05) is 12.1 Å². The Morgan fingerprint density at radius 1 is 1.15 bits per heavy atom. The molecule has 39 heavy (non-hydrogen) atoms. The third-order valence-corrected chi connectivity index (χ3v) is 7.86. The van der Waals surface area contributed by atoms with Gasteiger partial charge in [0.2, 0.25) is 11.8 Å². The van der Waals surface area contributed by atoms with Crippen molar-refractivity contribution in [1.82, 2.24) is 14.7 Å². The number of esters is 1. The number of rotatable bonds is 7. The van der Waals surface area contributed by atoms with E-state index in [1.807, 2.05) is 22.7 Å². The quantitative estimate of drug-likeness (QED) is 0.333. The summed E-state index contributed by atoms with van der Waals surface area (Å²) in [5.41, 5.74) is 3.45. The van der Waals surface area contributed by atoms with Gasteiger partial charge >= 0.3 is 5.97 Å². The van der Waals surface area contributed by atoms with Gasteiger partial charge in [0.25, 0.3) is 0 Å². The number of anilines is 1. The number of nitrogens with zero attached hydrogens (tertiary/aromatic N) is 2. The number of hydrogen-bond donors (Lipinski definition) is 2. The number of methoxy groups -OCH3 is 1. The maximum atomic E-state index is 13.3. The van der Waals surface area contributed by atoms with E-state index in [1.54, 1.807) is 23.5 Å². The van der Waals surface area contributed by atoms with Gasteiger partial charge in [-0.05, 0) is 49.6 Å². The molecule has 0 aliphatic heterocycles. The average molecular weight is 553 g/mol. The number of halogens is 2. The summed E-state index contributed by atoms with van der Waals surface area (Å²) in [5, 5.41) is 5.29. The molecule has 202 valence electrons. The maximum Gasteiger partial charge on any atom is 0.309 e. The van der Waals surface area contributed by atoms with E-state index in [0.29, 0.717) is 12.1 Å². The largest absolute Gasteiger partial charge is 0.469 e. The number of fused-ring (bicyclic) bond motifs is 3. The predicted molar refractivity (Wildman–Crippen MR) is 142 cm³/mol. The summed E-state index contributed by atoms with van der Waals surface area (Å²) in [6.07, 6.45) is 3.93. The Balaban J connectivity index is 1.21. The van der Waals surface area contributed by atoms with E-state index in [9.17, 15) is 23.2 Å². The molecule has 2 amide bonds. The van der Waals surface area contributed by atoms with Gasteiger partial charge in [0.15, 0.2) is 4.96 Å². The lowest BCUT2D eigenvalue weighted by Gasteiger charge is -2.19. The number of thiazole rings is 1. The minimum atomic E-state index is -0.865. The van der Waals surface area contributed by atoms with Gasteiger partial charge in [-0.25, -0.2) is 13.8 Å². The number of aromatic nitrogens is 2. The SMILES string of the molecule is COC(=O)C1CCc2sc3nc(-c4ccc(NC(=O)[C@H](C)NC(=O)Cc5cc(F)cc(F)c5)cc4)cn3c2C1. The number of hydrogen-bond acceptors (Lipinski definition) is 6. The monoisotopic (exact) mass is 552 g/mol. The molecule has 0 radical (unpaired) electrons. The molecule has 2 heterocycles. The molecule has 2 aromatic carbocycles. The molecule has 1 aliphatic carbocycles. The van der Waals surface area contributed by atoms with Crippen molar-refractivity contribution in [2.45, 2.75) is 38.6 Å². The van der Waals surface area contributed by atoms with Crippen LogP contribution in [-0.2, 0) is 38.4 Å². The van der Waals surface area contributed by atoms with Crippen molar-refractivity contribution in [1.29, 1.82) is 0 Å². The van der Waals surface area contributed by atoms with Crippen LogP contribution in [0.25, 0.3) is 16.2 Å². The fraction of sp³-hybridized carbons (Fsp3) is 0.286. The van der Waals surface area contributed by atoms with Crippen LogP contribution >= 0.6 is 11.3 Å². The highest BCUT2D eigenvalue weighted by atomic mass is 32.1. The van der Waals surface area contributed by atoms with Crippen LogP contribution in [0.3, 0.4) is 0 Å².